The van der Waals surface area contributed by atoms with Gasteiger partial charge in [0.1, 0.15) is 5.82 Å². The molecular formula is C10H13ClN2O. The molecule has 4 heteroatoms. The maximum atomic E-state index is 11.7. The highest BCUT2D eigenvalue weighted by molar-refractivity contribution is 6.19. The van der Waals surface area contributed by atoms with Crippen LogP contribution in [0.15, 0.2) is 24.4 Å². The molecule has 0 bridgehead atoms. The fraction of sp³-hybridized carbons (Fsp3) is 0.400. The quantitative estimate of drug-likeness (QED) is 0.718. The number of pyridine rings is 1. The second-order valence-corrected chi connectivity index (χ2v) is 3.45. The number of nitrogens with zero attached hydrogens (tertiary/aromatic N) is 2. The number of hydrogen-bond acceptors (Lipinski definition) is 2. The molecule has 1 amide bonds. The lowest BCUT2D eigenvalue weighted by Crippen LogP contribution is -2.32. The van der Waals surface area contributed by atoms with Gasteiger partial charge in [-0.3, -0.25) is 9.69 Å². The van der Waals surface area contributed by atoms with Crippen LogP contribution >= 0.6 is 11.6 Å². The third-order valence-electron chi connectivity index (χ3n) is 1.98. The molecule has 0 aromatic carbocycles. The first kappa shape index (κ1) is 11.0. The maximum Gasteiger partial charge on any atom is 0.231 e. The molecule has 0 N–H and O–H groups in total. The van der Waals surface area contributed by atoms with Crippen LogP contribution in [0, 0.1) is 5.92 Å². The normalized spacial score (nSPS) is 12.2. The Morgan fingerprint density at radius 1 is 1.64 bits per heavy atom. The van der Waals surface area contributed by atoms with Gasteiger partial charge in [-0.1, -0.05) is 13.0 Å². The molecular weight excluding hydrogens is 200 g/mol. The summed E-state index contributed by atoms with van der Waals surface area (Å²) in [5.41, 5.74) is 0. The second-order valence-electron chi connectivity index (χ2n) is 3.14. The van der Waals surface area contributed by atoms with Gasteiger partial charge in [0.15, 0.2) is 0 Å². The predicted octanol–water partition coefficient (Wildman–Crippen LogP) is 1.92. The zero-order valence-corrected chi connectivity index (χ0v) is 9.03. The molecule has 0 saturated heterocycles. The SMILES string of the molecule is CC(CCl)C(=O)N(C)c1ccccn1. The first-order valence-electron chi connectivity index (χ1n) is 4.41. The number of anilines is 1. The summed E-state index contributed by atoms with van der Waals surface area (Å²) in [7, 11) is 1.70. The summed E-state index contributed by atoms with van der Waals surface area (Å²) in [6.45, 7) is 1.80. The molecule has 0 aliphatic rings. The molecule has 1 rings (SSSR count). The minimum atomic E-state index is -0.177. The van der Waals surface area contributed by atoms with E-state index in [1.165, 1.54) is 4.90 Å². The molecule has 1 aromatic rings. The molecule has 0 aliphatic heterocycles. The van der Waals surface area contributed by atoms with Gasteiger partial charge in [0.05, 0.1) is 0 Å². The molecule has 0 radical (unpaired) electrons. The second kappa shape index (κ2) is 4.96. The lowest BCUT2D eigenvalue weighted by Gasteiger charge is -2.18. The van der Waals surface area contributed by atoms with Gasteiger partial charge in [-0.05, 0) is 12.1 Å². The summed E-state index contributed by atoms with van der Waals surface area (Å²) in [6.07, 6.45) is 1.66. The molecule has 0 saturated carbocycles. The fourth-order valence-electron chi connectivity index (χ4n) is 1.06. The van der Waals surface area contributed by atoms with Gasteiger partial charge in [-0.25, -0.2) is 4.98 Å². The Kier molecular flexibility index (Phi) is 3.89. The predicted molar refractivity (Wildman–Crippen MR) is 57.5 cm³/mol. The van der Waals surface area contributed by atoms with Gasteiger partial charge in [0.2, 0.25) is 5.91 Å². The molecule has 3 nitrogen and oxygen atoms in total. The maximum absolute atomic E-state index is 11.7. The number of aromatic nitrogens is 1. The van der Waals surface area contributed by atoms with Gasteiger partial charge in [-0.15, -0.1) is 11.6 Å². The van der Waals surface area contributed by atoms with Crippen molar-refractivity contribution in [2.24, 2.45) is 5.92 Å². The highest BCUT2D eigenvalue weighted by Crippen LogP contribution is 2.11. The first-order chi connectivity index (χ1) is 6.66. The van der Waals surface area contributed by atoms with Gasteiger partial charge in [0.25, 0.3) is 0 Å². The van der Waals surface area contributed by atoms with Gasteiger partial charge in [0, 0.05) is 25.0 Å². The monoisotopic (exact) mass is 212 g/mol. The summed E-state index contributed by atoms with van der Waals surface area (Å²) in [4.78, 5) is 17.3. The van der Waals surface area contributed by atoms with Crippen molar-refractivity contribution >= 4 is 23.3 Å². The molecule has 0 fully saturated rings. The summed E-state index contributed by atoms with van der Waals surface area (Å²) < 4.78 is 0. The lowest BCUT2D eigenvalue weighted by atomic mass is 10.2. The van der Waals surface area contributed by atoms with Crippen molar-refractivity contribution in [3.63, 3.8) is 0 Å². The minimum Gasteiger partial charge on any atom is -0.300 e. The minimum absolute atomic E-state index is 0.0151. The van der Waals surface area contributed by atoms with Crippen LogP contribution in [0.2, 0.25) is 0 Å². The van der Waals surface area contributed by atoms with Crippen LogP contribution in [-0.2, 0) is 4.79 Å². The lowest BCUT2D eigenvalue weighted by molar-refractivity contribution is -0.121. The standard InChI is InChI=1S/C10H13ClN2O/c1-8(7-11)10(14)13(2)9-5-3-4-6-12-9/h3-6,8H,7H2,1-2H3. The van der Waals surface area contributed by atoms with E-state index < -0.39 is 0 Å². The van der Waals surface area contributed by atoms with Gasteiger partial charge < -0.3 is 0 Å². The Morgan fingerprint density at radius 3 is 2.86 bits per heavy atom. The van der Waals surface area contributed by atoms with Crippen molar-refractivity contribution in [3.8, 4) is 0 Å². The van der Waals surface area contributed by atoms with Gasteiger partial charge >= 0.3 is 0 Å². The number of hydrogen-bond donors (Lipinski definition) is 0. The van der Waals surface area contributed by atoms with E-state index in [2.05, 4.69) is 4.98 Å². The van der Waals surface area contributed by atoms with Crippen molar-refractivity contribution in [2.75, 3.05) is 17.8 Å². The Bertz CT molecular complexity index is 302. The van der Waals surface area contributed by atoms with Crippen LogP contribution in [0.4, 0.5) is 5.82 Å². The number of carbonyl (C=O) groups is 1. The van der Waals surface area contributed by atoms with E-state index in [0.717, 1.165) is 0 Å². The fourth-order valence-corrected chi connectivity index (χ4v) is 1.19. The van der Waals surface area contributed by atoms with Crippen molar-refractivity contribution < 1.29 is 4.79 Å². The van der Waals surface area contributed by atoms with Crippen molar-refractivity contribution in [1.82, 2.24) is 4.98 Å². The van der Waals surface area contributed by atoms with E-state index in [1.54, 1.807) is 26.2 Å². The van der Waals surface area contributed by atoms with Crippen LogP contribution in [-0.4, -0.2) is 23.8 Å². The van der Waals surface area contributed by atoms with Crippen molar-refractivity contribution in [2.45, 2.75) is 6.92 Å². The van der Waals surface area contributed by atoms with Crippen LogP contribution in [0.1, 0.15) is 6.92 Å². The average molecular weight is 213 g/mol. The van der Waals surface area contributed by atoms with E-state index in [9.17, 15) is 4.79 Å². The van der Waals surface area contributed by atoms with E-state index in [-0.39, 0.29) is 11.8 Å². The van der Waals surface area contributed by atoms with E-state index >= 15 is 0 Å². The average Bonchev–Trinajstić information content (AvgIpc) is 2.27. The Hall–Kier alpha value is -1.09. The van der Waals surface area contributed by atoms with E-state index in [0.29, 0.717) is 11.7 Å². The van der Waals surface area contributed by atoms with Crippen molar-refractivity contribution in [3.05, 3.63) is 24.4 Å². The first-order valence-corrected chi connectivity index (χ1v) is 4.95. The molecule has 1 atom stereocenters. The largest absolute Gasteiger partial charge is 0.300 e. The Labute approximate surface area is 88.7 Å². The zero-order chi connectivity index (χ0) is 10.6. The molecule has 1 heterocycles. The third-order valence-corrected chi connectivity index (χ3v) is 2.44. The summed E-state index contributed by atoms with van der Waals surface area (Å²) in [6, 6.07) is 5.45. The topological polar surface area (TPSA) is 33.2 Å². The Balaban J connectivity index is 2.76. The molecule has 76 valence electrons. The highest BCUT2D eigenvalue weighted by Gasteiger charge is 2.17. The number of carbonyl (C=O) groups excluding carboxylic acids is 1. The van der Waals surface area contributed by atoms with Crippen LogP contribution in [0.3, 0.4) is 0 Å². The van der Waals surface area contributed by atoms with E-state index in [1.807, 2.05) is 12.1 Å². The number of amides is 1. The number of rotatable bonds is 3. The number of halogens is 1. The van der Waals surface area contributed by atoms with Gasteiger partial charge in [-0.2, -0.15) is 0 Å². The molecule has 1 unspecified atom stereocenters. The van der Waals surface area contributed by atoms with Crippen LogP contribution in [0.5, 0.6) is 0 Å². The van der Waals surface area contributed by atoms with E-state index in [4.69, 9.17) is 11.6 Å². The molecule has 14 heavy (non-hydrogen) atoms. The third kappa shape index (κ3) is 2.45. The smallest absolute Gasteiger partial charge is 0.231 e. The zero-order valence-electron chi connectivity index (χ0n) is 8.27. The molecule has 0 aliphatic carbocycles. The molecule has 0 spiro atoms. The van der Waals surface area contributed by atoms with Crippen LogP contribution < -0.4 is 4.90 Å². The summed E-state index contributed by atoms with van der Waals surface area (Å²) in [5.74, 6) is 0.785. The summed E-state index contributed by atoms with van der Waals surface area (Å²) >= 11 is 5.61. The van der Waals surface area contributed by atoms with Crippen molar-refractivity contribution in [1.29, 1.82) is 0 Å². The molecule has 1 aromatic heterocycles. The highest BCUT2D eigenvalue weighted by atomic mass is 35.5. The Morgan fingerprint density at radius 2 is 2.36 bits per heavy atom. The number of alkyl halides is 1. The van der Waals surface area contributed by atoms with Crippen LogP contribution in [0.25, 0.3) is 0 Å². The summed E-state index contributed by atoms with van der Waals surface area (Å²) in [5, 5.41) is 0.